The van der Waals surface area contributed by atoms with E-state index >= 15 is 26.3 Å². The van der Waals surface area contributed by atoms with Gasteiger partial charge >= 0.3 is 29.7 Å². The fourth-order valence-corrected chi connectivity index (χ4v) is 10.2. The Morgan fingerprint density at radius 2 is 1.13 bits per heavy atom. The molecule has 1 atom stereocenters. The predicted molar refractivity (Wildman–Crippen MR) is 242 cm³/mol. The summed E-state index contributed by atoms with van der Waals surface area (Å²) < 4.78 is 111. The van der Waals surface area contributed by atoms with Crippen LogP contribution >= 0.6 is 54.5 Å². The van der Waals surface area contributed by atoms with Crippen LogP contribution in [-0.4, -0.2) is 36.3 Å². The SMILES string of the molecule is CCCCCCCCC(CCCCCC)COc1ccc(C(=O)OCc2cc(C3=C(c4cc(COC(=O)c5cc(Br)ccc5Br)sc4C)C(F)(F)C(F)(F)C3(F)F)c(C)s2)cc1. The molecule has 0 aliphatic heterocycles. The zero-order valence-electron chi connectivity index (χ0n) is 35.3. The molecule has 0 bridgehead atoms. The molecule has 1 aliphatic carbocycles. The van der Waals surface area contributed by atoms with Crippen molar-refractivity contribution in [3.05, 3.63) is 105 Å². The van der Waals surface area contributed by atoms with Gasteiger partial charge in [-0.2, -0.15) is 26.3 Å². The van der Waals surface area contributed by atoms with Crippen molar-refractivity contribution in [1.29, 1.82) is 0 Å². The number of esters is 2. The number of halogens is 8. The van der Waals surface area contributed by atoms with Crippen molar-refractivity contribution in [3.8, 4) is 5.75 Å². The number of ether oxygens (including phenoxy) is 3. The molecule has 0 N–H and O–H groups in total. The summed E-state index contributed by atoms with van der Waals surface area (Å²) in [5.74, 6) is -16.7. The molecular weight excluding hydrogens is 982 g/mol. The highest BCUT2D eigenvalue weighted by Gasteiger charge is 2.80. The average Bonchev–Trinajstić information content (AvgIpc) is 3.82. The summed E-state index contributed by atoms with van der Waals surface area (Å²) in [6.07, 6.45) is 14.4. The van der Waals surface area contributed by atoms with Crippen LogP contribution in [0.25, 0.3) is 11.1 Å². The zero-order chi connectivity index (χ0) is 45.2. The maximum Gasteiger partial charge on any atom is 0.380 e. The van der Waals surface area contributed by atoms with Crippen molar-refractivity contribution in [1.82, 2.24) is 0 Å². The molecule has 5 rings (SSSR count). The predicted octanol–water partition coefficient (Wildman–Crippen LogP) is 16.2. The summed E-state index contributed by atoms with van der Waals surface area (Å²) >= 11 is 8.27. The summed E-state index contributed by atoms with van der Waals surface area (Å²) in [4.78, 5) is 26.3. The van der Waals surface area contributed by atoms with Crippen LogP contribution in [0.3, 0.4) is 0 Å². The van der Waals surface area contributed by atoms with Gasteiger partial charge in [0.1, 0.15) is 19.0 Å². The first-order valence-electron chi connectivity index (χ1n) is 21.0. The number of alkyl halides is 6. The second-order valence-corrected chi connectivity index (χ2v) is 20.2. The Hall–Kier alpha value is -3.14. The van der Waals surface area contributed by atoms with E-state index in [1.165, 1.54) is 77.7 Å². The first kappa shape index (κ1) is 49.9. The number of carbonyl (C=O) groups excluding carboxylic acids is 2. The maximum absolute atomic E-state index is 15.7. The fourth-order valence-electron chi connectivity index (χ4n) is 7.53. The summed E-state index contributed by atoms with van der Waals surface area (Å²) in [5, 5.41) is 0. The largest absolute Gasteiger partial charge is 0.493 e. The minimum Gasteiger partial charge on any atom is -0.493 e. The second-order valence-electron chi connectivity index (χ2n) is 15.7. The van der Waals surface area contributed by atoms with E-state index in [0.29, 0.717) is 27.2 Å². The third kappa shape index (κ3) is 11.8. The molecule has 2 aromatic carbocycles. The number of unbranched alkanes of at least 4 members (excludes halogenated alkanes) is 8. The minimum absolute atomic E-state index is 0.0502. The molecule has 2 heterocycles. The Kier molecular flexibility index (Phi) is 17.8. The fraction of sp³-hybridized carbons (Fsp3) is 0.489. The lowest BCUT2D eigenvalue weighted by Gasteiger charge is -2.25. The van der Waals surface area contributed by atoms with E-state index in [2.05, 4.69) is 45.7 Å². The van der Waals surface area contributed by atoms with Gasteiger partial charge in [-0.3, -0.25) is 0 Å². The average molecular weight is 1030 g/mol. The standard InChI is InChI=1S/C47H52Br2F6O5S2/c1-5-7-9-11-12-14-16-31(15-13-10-8-6-2)26-58-34-20-17-32(18-21-34)43(56)59-27-35-24-37(29(3)61-35)41-42(46(52,53)47(54,55)45(41,50)51)38-25-36(62-30(38)4)28-60-44(57)39-23-33(48)19-22-40(39)49/h17-25,31H,5-16,26-28H2,1-4H3. The van der Waals surface area contributed by atoms with Crippen LogP contribution in [0.2, 0.25) is 0 Å². The lowest BCUT2D eigenvalue weighted by atomic mass is 9.95. The topological polar surface area (TPSA) is 61.8 Å². The van der Waals surface area contributed by atoms with E-state index in [-0.39, 0.29) is 30.6 Å². The number of carbonyl (C=O) groups is 2. The molecule has 62 heavy (non-hydrogen) atoms. The number of benzene rings is 2. The van der Waals surface area contributed by atoms with Gasteiger partial charge in [-0.25, -0.2) is 9.59 Å². The van der Waals surface area contributed by atoms with Crippen molar-refractivity contribution in [2.45, 2.75) is 136 Å². The molecule has 5 nitrogen and oxygen atoms in total. The number of rotatable bonds is 23. The van der Waals surface area contributed by atoms with Gasteiger partial charge in [-0.15, -0.1) is 22.7 Å². The van der Waals surface area contributed by atoms with Crippen molar-refractivity contribution in [2.24, 2.45) is 5.92 Å². The number of aryl methyl sites for hydroxylation is 2. The van der Waals surface area contributed by atoms with E-state index in [1.54, 1.807) is 36.4 Å². The first-order valence-corrected chi connectivity index (χ1v) is 24.2. The second kappa shape index (κ2) is 22.2. The van der Waals surface area contributed by atoms with Gasteiger partial charge in [0.15, 0.2) is 0 Å². The van der Waals surface area contributed by atoms with Gasteiger partial charge in [0.2, 0.25) is 0 Å². The molecule has 1 unspecified atom stereocenters. The van der Waals surface area contributed by atoms with Crippen LogP contribution in [0.15, 0.2) is 63.5 Å². The Morgan fingerprint density at radius 3 is 1.66 bits per heavy atom. The Bertz CT molecular complexity index is 2180. The summed E-state index contributed by atoms with van der Waals surface area (Å²) in [7, 11) is 0. The monoisotopic (exact) mass is 1030 g/mol. The molecule has 15 heteroatoms. The molecule has 0 fully saturated rings. The number of allylic oxidation sites excluding steroid dienone is 2. The summed E-state index contributed by atoms with van der Waals surface area (Å²) in [6.45, 7) is 6.85. The molecule has 0 saturated heterocycles. The van der Waals surface area contributed by atoms with Crippen LogP contribution in [0.1, 0.15) is 142 Å². The van der Waals surface area contributed by atoms with E-state index in [1.807, 2.05) is 0 Å². The molecule has 4 aromatic rings. The molecule has 0 amide bonds. The number of hydrogen-bond acceptors (Lipinski definition) is 7. The van der Waals surface area contributed by atoms with Gasteiger partial charge < -0.3 is 14.2 Å². The van der Waals surface area contributed by atoms with Crippen LogP contribution in [0.4, 0.5) is 26.3 Å². The molecular formula is C47H52Br2F6O5S2. The van der Waals surface area contributed by atoms with Crippen molar-refractivity contribution in [3.63, 3.8) is 0 Å². The van der Waals surface area contributed by atoms with Crippen molar-refractivity contribution in [2.75, 3.05) is 6.61 Å². The quantitative estimate of drug-likeness (QED) is 0.0421. The molecule has 0 radical (unpaired) electrons. The van der Waals surface area contributed by atoms with Crippen LogP contribution in [0.5, 0.6) is 5.75 Å². The highest BCUT2D eigenvalue weighted by atomic mass is 79.9. The third-order valence-electron chi connectivity index (χ3n) is 11.0. The third-order valence-corrected chi connectivity index (χ3v) is 14.2. The van der Waals surface area contributed by atoms with Crippen LogP contribution in [0, 0.1) is 19.8 Å². The zero-order valence-corrected chi connectivity index (χ0v) is 40.1. The van der Waals surface area contributed by atoms with Crippen LogP contribution < -0.4 is 4.74 Å². The molecule has 0 saturated carbocycles. The lowest BCUT2D eigenvalue weighted by Crippen LogP contribution is -2.48. The van der Waals surface area contributed by atoms with Gasteiger partial charge in [0.25, 0.3) is 0 Å². The first-order chi connectivity index (χ1) is 29.4. The van der Waals surface area contributed by atoms with Crippen LogP contribution in [-0.2, 0) is 22.7 Å². The Balaban J connectivity index is 1.27. The molecule has 338 valence electrons. The van der Waals surface area contributed by atoms with Gasteiger partial charge in [-0.1, -0.05) is 94.0 Å². The van der Waals surface area contributed by atoms with Crippen molar-refractivity contribution < 1.29 is 50.1 Å². The molecule has 2 aromatic heterocycles. The number of hydrogen-bond donors (Lipinski definition) is 0. The highest BCUT2D eigenvalue weighted by molar-refractivity contribution is 9.11. The maximum atomic E-state index is 15.7. The summed E-state index contributed by atoms with van der Waals surface area (Å²) in [5.41, 5.74) is -3.65. The smallest absolute Gasteiger partial charge is 0.380 e. The summed E-state index contributed by atoms with van der Waals surface area (Å²) in [6, 6.07) is 13.5. The van der Waals surface area contributed by atoms with Gasteiger partial charge in [0.05, 0.1) is 17.7 Å². The van der Waals surface area contributed by atoms with E-state index in [0.717, 1.165) is 54.1 Å². The lowest BCUT2D eigenvalue weighted by molar-refractivity contribution is -0.254. The Labute approximate surface area is 384 Å². The van der Waals surface area contributed by atoms with E-state index in [4.69, 9.17) is 14.2 Å². The highest BCUT2D eigenvalue weighted by Crippen LogP contribution is 2.65. The van der Waals surface area contributed by atoms with E-state index < -0.39 is 65.2 Å². The minimum atomic E-state index is -5.76. The molecule has 0 spiro atoms. The van der Waals surface area contributed by atoms with Gasteiger partial charge in [0, 0.05) is 39.6 Å². The van der Waals surface area contributed by atoms with E-state index in [9.17, 15) is 9.59 Å². The van der Waals surface area contributed by atoms with Crippen molar-refractivity contribution >= 4 is 77.6 Å². The normalized spacial score (nSPS) is 15.8. The Morgan fingerprint density at radius 1 is 0.645 bits per heavy atom. The number of thiophene rings is 2. The molecule has 1 aliphatic rings. The van der Waals surface area contributed by atoms with Gasteiger partial charge in [-0.05, 0) is 114 Å².